The average molecular weight is 203 g/mol. The molecule has 0 radical (unpaired) electrons. The van der Waals surface area contributed by atoms with Gasteiger partial charge in [0.25, 0.3) is 0 Å². The lowest BCUT2D eigenvalue weighted by molar-refractivity contribution is -0.127. The molecule has 1 fully saturated rings. The fourth-order valence-electron chi connectivity index (χ4n) is 2.23. The molecule has 0 N–H and O–H groups in total. The van der Waals surface area contributed by atoms with Crippen molar-refractivity contribution in [3.05, 3.63) is 35.9 Å². The van der Waals surface area contributed by atoms with Crippen LogP contribution in [0.5, 0.6) is 0 Å². The smallest absolute Gasteiger partial charge is 0.219 e. The standard InChI is InChI=1S/C13H17NO/c1-11(15)14-8-7-13(10-14)9-12-5-3-2-4-6-12/h2-6,13H,7-10H2,1H3. The minimum absolute atomic E-state index is 0.213. The molecule has 1 aliphatic rings. The van der Waals surface area contributed by atoms with E-state index in [2.05, 4.69) is 24.3 Å². The maximum absolute atomic E-state index is 11.2. The van der Waals surface area contributed by atoms with Crippen molar-refractivity contribution in [3.8, 4) is 0 Å². The molecule has 2 nitrogen and oxygen atoms in total. The lowest BCUT2D eigenvalue weighted by atomic mass is 9.99. The highest BCUT2D eigenvalue weighted by atomic mass is 16.2. The van der Waals surface area contributed by atoms with E-state index in [0.717, 1.165) is 25.9 Å². The molecular formula is C13H17NO. The molecule has 1 saturated heterocycles. The van der Waals surface area contributed by atoms with Crippen LogP contribution in [0, 0.1) is 5.92 Å². The van der Waals surface area contributed by atoms with Crippen LogP contribution in [0.15, 0.2) is 30.3 Å². The summed E-state index contributed by atoms with van der Waals surface area (Å²) in [5.41, 5.74) is 1.38. The second kappa shape index (κ2) is 4.47. The van der Waals surface area contributed by atoms with Crippen LogP contribution in [-0.2, 0) is 11.2 Å². The molecule has 0 bridgehead atoms. The van der Waals surface area contributed by atoms with Gasteiger partial charge >= 0.3 is 0 Å². The van der Waals surface area contributed by atoms with E-state index in [-0.39, 0.29) is 5.91 Å². The van der Waals surface area contributed by atoms with Crippen LogP contribution < -0.4 is 0 Å². The van der Waals surface area contributed by atoms with Gasteiger partial charge in [0.05, 0.1) is 0 Å². The SMILES string of the molecule is CC(=O)N1CCC(Cc2ccccc2)C1. The molecule has 2 heteroatoms. The molecule has 0 spiro atoms. The summed E-state index contributed by atoms with van der Waals surface area (Å²) in [5.74, 6) is 0.863. The summed E-state index contributed by atoms with van der Waals surface area (Å²) in [7, 11) is 0. The highest BCUT2D eigenvalue weighted by Gasteiger charge is 2.23. The van der Waals surface area contributed by atoms with Crippen molar-refractivity contribution in [2.45, 2.75) is 19.8 Å². The summed E-state index contributed by atoms with van der Waals surface area (Å²) in [6.07, 6.45) is 2.25. The molecule has 80 valence electrons. The van der Waals surface area contributed by atoms with Crippen molar-refractivity contribution >= 4 is 5.91 Å². The third kappa shape index (κ3) is 2.58. The Morgan fingerprint density at radius 2 is 2.13 bits per heavy atom. The maximum atomic E-state index is 11.2. The van der Waals surface area contributed by atoms with E-state index in [4.69, 9.17) is 0 Å². The first-order valence-corrected chi connectivity index (χ1v) is 5.55. The largest absolute Gasteiger partial charge is 0.343 e. The third-order valence-corrected chi connectivity index (χ3v) is 3.10. The summed E-state index contributed by atoms with van der Waals surface area (Å²) >= 11 is 0. The minimum Gasteiger partial charge on any atom is -0.343 e. The predicted molar refractivity (Wildman–Crippen MR) is 60.5 cm³/mol. The molecule has 1 amide bonds. The van der Waals surface area contributed by atoms with Crippen molar-refractivity contribution in [1.82, 2.24) is 4.90 Å². The number of benzene rings is 1. The molecule has 0 aromatic heterocycles. The summed E-state index contributed by atoms with van der Waals surface area (Å²) in [6.45, 7) is 3.53. The number of nitrogens with zero attached hydrogens (tertiary/aromatic N) is 1. The van der Waals surface area contributed by atoms with Gasteiger partial charge in [-0.2, -0.15) is 0 Å². The second-order valence-electron chi connectivity index (χ2n) is 4.31. The van der Waals surface area contributed by atoms with Crippen LogP contribution in [0.3, 0.4) is 0 Å². The fourth-order valence-corrected chi connectivity index (χ4v) is 2.23. The zero-order valence-electron chi connectivity index (χ0n) is 9.15. The van der Waals surface area contributed by atoms with Crippen LogP contribution in [0.25, 0.3) is 0 Å². The lowest BCUT2D eigenvalue weighted by Gasteiger charge is -2.13. The first kappa shape index (κ1) is 10.2. The molecule has 2 rings (SSSR count). The Kier molecular flexibility index (Phi) is 3.05. The van der Waals surface area contributed by atoms with Crippen molar-refractivity contribution in [2.24, 2.45) is 5.92 Å². The topological polar surface area (TPSA) is 20.3 Å². The number of likely N-dealkylation sites (tertiary alicyclic amines) is 1. The van der Waals surface area contributed by atoms with Crippen LogP contribution in [0.4, 0.5) is 0 Å². The first-order chi connectivity index (χ1) is 7.25. The Balaban J connectivity index is 1.90. The number of carbonyl (C=O) groups excluding carboxylic acids is 1. The first-order valence-electron chi connectivity index (χ1n) is 5.55. The van der Waals surface area contributed by atoms with Gasteiger partial charge in [-0.25, -0.2) is 0 Å². The molecular weight excluding hydrogens is 186 g/mol. The zero-order chi connectivity index (χ0) is 10.7. The summed E-state index contributed by atoms with van der Waals surface area (Å²) in [4.78, 5) is 13.1. The Morgan fingerprint density at radius 3 is 2.73 bits per heavy atom. The van der Waals surface area contributed by atoms with E-state index in [9.17, 15) is 4.79 Å². The number of hydrogen-bond acceptors (Lipinski definition) is 1. The van der Waals surface area contributed by atoms with Crippen molar-refractivity contribution in [2.75, 3.05) is 13.1 Å². The van der Waals surface area contributed by atoms with E-state index in [1.807, 2.05) is 11.0 Å². The van der Waals surface area contributed by atoms with Crippen LogP contribution in [0.2, 0.25) is 0 Å². The molecule has 1 aliphatic heterocycles. The lowest BCUT2D eigenvalue weighted by Crippen LogP contribution is -2.26. The normalized spacial score (nSPS) is 20.6. The molecule has 0 aliphatic carbocycles. The number of amides is 1. The quantitative estimate of drug-likeness (QED) is 0.720. The van der Waals surface area contributed by atoms with E-state index in [0.29, 0.717) is 5.92 Å². The van der Waals surface area contributed by atoms with Gasteiger partial charge < -0.3 is 4.90 Å². The summed E-state index contributed by atoms with van der Waals surface area (Å²) in [6, 6.07) is 10.5. The van der Waals surface area contributed by atoms with Gasteiger partial charge in [0.2, 0.25) is 5.91 Å². The second-order valence-corrected chi connectivity index (χ2v) is 4.31. The molecule has 15 heavy (non-hydrogen) atoms. The van der Waals surface area contributed by atoms with E-state index in [1.54, 1.807) is 6.92 Å². The predicted octanol–water partition coefficient (Wildman–Crippen LogP) is 2.10. The van der Waals surface area contributed by atoms with Gasteiger partial charge in [-0.15, -0.1) is 0 Å². The van der Waals surface area contributed by atoms with Gasteiger partial charge in [-0.05, 0) is 24.3 Å². The Morgan fingerprint density at radius 1 is 1.40 bits per heavy atom. The monoisotopic (exact) mass is 203 g/mol. The van der Waals surface area contributed by atoms with Gasteiger partial charge in [0.15, 0.2) is 0 Å². The van der Waals surface area contributed by atoms with Crippen molar-refractivity contribution in [3.63, 3.8) is 0 Å². The van der Waals surface area contributed by atoms with Crippen molar-refractivity contribution < 1.29 is 4.79 Å². The molecule has 1 aromatic rings. The molecule has 1 atom stereocenters. The van der Waals surface area contributed by atoms with Crippen LogP contribution in [0.1, 0.15) is 18.9 Å². The Hall–Kier alpha value is -1.31. The number of rotatable bonds is 2. The van der Waals surface area contributed by atoms with Crippen LogP contribution in [-0.4, -0.2) is 23.9 Å². The molecule has 1 unspecified atom stereocenters. The third-order valence-electron chi connectivity index (χ3n) is 3.10. The molecule has 0 saturated carbocycles. The summed E-state index contributed by atoms with van der Waals surface area (Å²) in [5, 5.41) is 0. The van der Waals surface area contributed by atoms with Gasteiger partial charge in [-0.1, -0.05) is 30.3 Å². The highest BCUT2D eigenvalue weighted by Crippen LogP contribution is 2.20. The van der Waals surface area contributed by atoms with Gasteiger partial charge in [0, 0.05) is 20.0 Å². The minimum atomic E-state index is 0.213. The Labute approximate surface area is 90.9 Å². The number of hydrogen-bond donors (Lipinski definition) is 0. The van der Waals surface area contributed by atoms with Crippen LogP contribution >= 0.6 is 0 Å². The average Bonchev–Trinajstić information content (AvgIpc) is 2.68. The maximum Gasteiger partial charge on any atom is 0.219 e. The molecule has 1 aromatic carbocycles. The van der Waals surface area contributed by atoms with Gasteiger partial charge in [0.1, 0.15) is 0 Å². The van der Waals surface area contributed by atoms with Crippen molar-refractivity contribution in [1.29, 1.82) is 0 Å². The highest BCUT2D eigenvalue weighted by molar-refractivity contribution is 5.73. The summed E-state index contributed by atoms with van der Waals surface area (Å²) < 4.78 is 0. The molecule has 1 heterocycles. The van der Waals surface area contributed by atoms with E-state index < -0.39 is 0 Å². The number of carbonyl (C=O) groups is 1. The van der Waals surface area contributed by atoms with Gasteiger partial charge in [-0.3, -0.25) is 4.79 Å². The zero-order valence-corrected chi connectivity index (χ0v) is 9.15. The fraction of sp³-hybridized carbons (Fsp3) is 0.462. The Bertz CT molecular complexity index is 334. The van der Waals surface area contributed by atoms with E-state index in [1.165, 1.54) is 5.56 Å². The van der Waals surface area contributed by atoms with E-state index >= 15 is 0 Å².